The van der Waals surface area contributed by atoms with Gasteiger partial charge >= 0.3 is 0 Å². The Morgan fingerprint density at radius 2 is 2.37 bits per heavy atom. The van der Waals surface area contributed by atoms with Crippen molar-refractivity contribution >= 4 is 11.7 Å². The second kappa shape index (κ2) is 6.02. The van der Waals surface area contributed by atoms with Crippen LogP contribution in [0, 0.1) is 6.92 Å². The molecule has 1 fully saturated rings. The first-order valence-electron chi connectivity index (χ1n) is 6.71. The average Bonchev–Trinajstić information content (AvgIpc) is 2.45. The zero-order valence-corrected chi connectivity index (χ0v) is 11.8. The van der Waals surface area contributed by atoms with Gasteiger partial charge in [-0.25, -0.2) is 4.98 Å². The van der Waals surface area contributed by atoms with Gasteiger partial charge < -0.3 is 15.0 Å². The van der Waals surface area contributed by atoms with Gasteiger partial charge in [-0.3, -0.25) is 4.79 Å². The van der Waals surface area contributed by atoms with Crippen molar-refractivity contribution < 1.29 is 9.53 Å². The summed E-state index contributed by atoms with van der Waals surface area (Å²) in [7, 11) is 1.80. The molecule has 5 nitrogen and oxygen atoms in total. The minimum atomic E-state index is 0.0590. The van der Waals surface area contributed by atoms with E-state index in [1.165, 1.54) is 0 Å². The smallest absolute Gasteiger partial charge is 0.254 e. The first-order chi connectivity index (χ1) is 9.13. The molecule has 2 heterocycles. The number of morpholine rings is 1. The molecule has 104 valence electrons. The van der Waals surface area contributed by atoms with E-state index in [1.54, 1.807) is 13.1 Å². The summed E-state index contributed by atoms with van der Waals surface area (Å²) >= 11 is 0. The number of pyridine rings is 1. The predicted octanol–water partition coefficient (Wildman–Crippen LogP) is 1.68. The Bertz CT molecular complexity index is 462. The summed E-state index contributed by atoms with van der Waals surface area (Å²) < 4.78 is 5.59. The molecule has 0 spiro atoms. The van der Waals surface area contributed by atoms with E-state index in [0.717, 1.165) is 17.9 Å². The molecule has 1 atom stereocenters. The van der Waals surface area contributed by atoms with E-state index in [9.17, 15) is 4.79 Å². The summed E-state index contributed by atoms with van der Waals surface area (Å²) in [5, 5.41) is 2.98. The van der Waals surface area contributed by atoms with Gasteiger partial charge in [-0.15, -0.1) is 0 Å². The van der Waals surface area contributed by atoms with Gasteiger partial charge in [-0.05, 0) is 25.5 Å². The quantitative estimate of drug-likeness (QED) is 0.901. The molecule has 19 heavy (non-hydrogen) atoms. The van der Waals surface area contributed by atoms with E-state index in [2.05, 4.69) is 17.2 Å². The number of aromatic nitrogens is 1. The number of hydrogen-bond donors (Lipinski definition) is 1. The molecule has 0 aromatic carbocycles. The number of ether oxygens (including phenoxy) is 1. The minimum absolute atomic E-state index is 0.0590. The van der Waals surface area contributed by atoms with Crippen molar-refractivity contribution in [1.82, 2.24) is 9.88 Å². The fourth-order valence-electron chi connectivity index (χ4n) is 2.25. The van der Waals surface area contributed by atoms with Crippen LogP contribution in [0.25, 0.3) is 0 Å². The highest BCUT2D eigenvalue weighted by molar-refractivity contribution is 5.95. The first-order valence-corrected chi connectivity index (χ1v) is 6.71. The van der Waals surface area contributed by atoms with Gasteiger partial charge in [0.2, 0.25) is 0 Å². The third-order valence-electron chi connectivity index (χ3n) is 3.34. The second-order valence-electron chi connectivity index (χ2n) is 4.78. The summed E-state index contributed by atoms with van der Waals surface area (Å²) in [5.74, 6) is 0.785. The summed E-state index contributed by atoms with van der Waals surface area (Å²) in [6, 6.07) is 3.63. The third-order valence-corrected chi connectivity index (χ3v) is 3.34. The molecule has 1 saturated heterocycles. The molecule has 0 saturated carbocycles. The standard InChI is InChI=1S/C14H21N3O2/c1-4-12-9-17(5-6-19-12)14(18)11-7-10(2)16-13(8-11)15-3/h7-8,12H,4-6,9H2,1-3H3,(H,15,16). The van der Waals surface area contributed by atoms with Gasteiger partial charge in [-0.2, -0.15) is 0 Å². The molecule has 0 aliphatic carbocycles. The van der Waals surface area contributed by atoms with Gasteiger partial charge in [0, 0.05) is 31.4 Å². The molecule has 1 unspecified atom stereocenters. The van der Waals surface area contributed by atoms with E-state index in [4.69, 9.17) is 4.74 Å². The lowest BCUT2D eigenvalue weighted by molar-refractivity contribution is -0.0226. The van der Waals surface area contributed by atoms with Crippen molar-refractivity contribution in [3.63, 3.8) is 0 Å². The zero-order valence-electron chi connectivity index (χ0n) is 11.8. The highest BCUT2D eigenvalue weighted by Crippen LogP contribution is 2.15. The van der Waals surface area contributed by atoms with Crippen LogP contribution in [0.1, 0.15) is 29.4 Å². The van der Waals surface area contributed by atoms with E-state index < -0.39 is 0 Å². The molecule has 5 heteroatoms. The van der Waals surface area contributed by atoms with Gasteiger partial charge in [0.25, 0.3) is 5.91 Å². The Balaban J connectivity index is 2.16. The Kier molecular flexibility index (Phi) is 4.37. The summed E-state index contributed by atoms with van der Waals surface area (Å²) in [4.78, 5) is 18.7. The number of carbonyl (C=O) groups is 1. The van der Waals surface area contributed by atoms with E-state index in [1.807, 2.05) is 17.9 Å². The summed E-state index contributed by atoms with van der Waals surface area (Å²) in [5.41, 5.74) is 1.53. The second-order valence-corrected chi connectivity index (χ2v) is 4.78. The monoisotopic (exact) mass is 263 g/mol. The topological polar surface area (TPSA) is 54.5 Å². The van der Waals surface area contributed by atoms with Crippen molar-refractivity contribution in [2.24, 2.45) is 0 Å². The van der Waals surface area contributed by atoms with Crippen molar-refractivity contribution in [3.05, 3.63) is 23.4 Å². The molecule has 0 radical (unpaired) electrons. The molecule has 1 amide bonds. The van der Waals surface area contributed by atoms with Crippen LogP contribution in [-0.2, 0) is 4.74 Å². The van der Waals surface area contributed by atoms with Crippen LogP contribution in [-0.4, -0.2) is 48.6 Å². The molecular formula is C14H21N3O2. The Morgan fingerprint density at radius 1 is 1.58 bits per heavy atom. The molecule has 1 aliphatic rings. The molecule has 0 bridgehead atoms. The lowest BCUT2D eigenvalue weighted by Crippen LogP contribution is -2.45. The predicted molar refractivity (Wildman–Crippen MR) is 74.5 cm³/mol. The zero-order chi connectivity index (χ0) is 13.8. The normalized spacial score (nSPS) is 19.3. The maximum Gasteiger partial charge on any atom is 0.254 e. The van der Waals surface area contributed by atoms with Crippen LogP contribution in [0.15, 0.2) is 12.1 Å². The van der Waals surface area contributed by atoms with Crippen LogP contribution < -0.4 is 5.32 Å². The Hall–Kier alpha value is -1.62. The molecule has 1 aliphatic heterocycles. The molecular weight excluding hydrogens is 242 g/mol. The maximum absolute atomic E-state index is 12.5. The number of aryl methyl sites for hydroxylation is 1. The highest BCUT2D eigenvalue weighted by Gasteiger charge is 2.24. The summed E-state index contributed by atoms with van der Waals surface area (Å²) in [6.45, 7) is 5.92. The van der Waals surface area contributed by atoms with Crippen molar-refractivity contribution in [2.45, 2.75) is 26.4 Å². The molecule has 2 rings (SSSR count). The van der Waals surface area contributed by atoms with Gasteiger partial charge in [0.1, 0.15) is 5.82 Å². The van der Waals surface area contributed by atoms with E-state index >= 15 is 0 Å². The minimum Gasteiger partial charge on any atom is -0.375 e. The van der Waals surface area contributed by atoms with Gasteiger partial charge in [-0.1, -0.05) is 6.92 Å². The number of nitrogens with one attached hydrogen (secondary N) is 1. The fourth-order valence-corrected chi connectivity index (χ4v) is 2.25. The van der Waals surface area contributed by atoms with Crippen LogP contribution in [0.3, 0.4) is 0 Å². The average molecular weight is 263 g/mol. The first kappa shape index (κ1) is 13.8. The number of carbonyl (C=O) groups excluding carboxylic acids is 1. The number of nitrogens with zero attached hydrogens (tertiary/aromatic N) is 2. The largest absolute Gasteiger partial charge is 0.375 e. The number of rotatable bonds is 3. The molecule has 1 aromatic heterocycles. The van der Waals surface area contributed by atoms with Crippen molar-refractivity contribution in [1.29, 1.82) is 0 Å². The van der Waals surface area contributed by atoms with Gasteiger partial charge in [0.05, 0.1) is 12.7 Å². The van der Waals surface area contributed by atoms with Crippen LogP contribution in [0.2, 0.25) is 0 Å². The molecule has 1 aromatic rings. The lowest BCUT2D eigenvalue weighted by Gasteiger charge is -2.32. The van der Waals surface area contributed by atoms with Crippen LogP contribution >= 0.6 is 0 Å². The van der Waals surface area contributed by atoms with Crippen LogP contribution in [0.5, 0.6) is 0 Å². The Labute approximate surface area is 114 Å². The SMILES string of the molecule is CCC1CN(C(=O)c2cc(C)nc(NC)c2)CCO1. The number of amides is 1. The van der Waals surface area contributed by atoms with E-state index in [-0.39, 0.29) is 12.0 Å². The highest BCUT2D eigenvalue weighted by atomic mass is 16.5. The van der Waals surface area contributed by atoms with Crippen molar-refractivity contribution in [2.75, 3.05) is 32.1 Å². The Morgan fingerprint density at radius 3 is 3.05 bits per heavy atom. The van der Waals surface area contributed by atoms with Gasteiger partial charge in [0.15, 0.2) is 0 Å². The molecule has 1 N–H and O–H groups in total. The number of anilines is 1. The third kappa shape index (κ3) is 3.23. The lowest BCUT2D eigenvalue weighted by atomic mass is 10.1. The number of hydrogen-bond acceptors (Lipinski definition) is 4. The summed E-state index contributed by atoms with van der Waals surface area (Å²) in [6.07, 6.45) is 1.09. The van der Waals surface area contributed by atoms with Crippen LogP contribution in [0.4, 0.5) is 5.82 Å². The fraction of sp³-hybridized carbons (Fsp3) is 0.571. The van der Waals surface area contributed by atoms with E-state index in [0.29, 0.717) is 25.3 Å². The van der Waals surface area contributed by atoms with Crippen molar-refractivity contribution in [3.8, 4) is 0 Å². The maximum atomic E-state index is 12.5.